The molecule has 0 aliphatic carbocycles. The molecule has 284 valence electrons. The lowest BCUT2D eigenvalue weighted by Gasteiger charge is -2.26. The van der Waals surface area contributed by atoms with Crippen molar-refractivity contribution < 1.29 is 0 Å². The maximum Gasteiger partial charge on any atom is 0.0542 e. The third kappa shape index (κ3) is 6.83. The van der Waals surface area contributed by atoms with Crippen LogP contribution in [0.5, 0.6) is 0 Å². The molecule has 0 bridgehead atoms. The summed E-state index contributed by atoms with van der Waals surface area (Å²) in [5, 5.41) is 2.39. The number of hydrogen-bond donors (Lipinski definition) is 0. The van der Waals surface area contributed by atoms with Crippen molar-refractivity contribution in [3.63, 3.8) is 0 Å². The summed E-state index contributed by atoms with van der Waals surface area (Å²) in [7, 11) is 0. The van der Waals surface area contributed by atoms with Gasteiger partial charge in [0.2, 0.25) is 0 Å². The smallest absolute Gasteiger partial charge is 0.0542 e. The first-order chi connectivity index (χ1) is 28.1. The summed E-state index contributed by atoms with van der Waals surface area (Å²) in [6, 6.07) is 69.2. The van der Waals surface area contributed by atoms with Crippen LogP contribution < -0.4 is 9.80 Å². The van der Waals surface area contributed by atoms with E-state index in [-0.39, 0.29) is 5.41 Å². The molecular weight excluding hydrogens is 703 g/mol. The van der Waals surface area contributed by atoms with Gasteiger partial charge < -0.3 is 14.4 Å². The van der Waals surface area contributed by atoms with Gasteiger partial charge in [0.15, 0.2) is 0 Å². The molecule has 0 saturated heterocycles. The van der Waals surface area contributed by atoms with Crippen LogP contribution in [0, 0.1) is 27.7 Å². The Bertz CT molecular complexity index is 2600. The second kappa shape index (κ2) is 14.9. The minimum absolute atomic E-state index is 0.130. The highest BCUT2D eigenvalue weighted by molar-refractivity contribution is 6.12. The van der Waals surface area contributed by atoms with Gasteiger partial charge in [-0.2, -0.15) is 0 Å². The lowest BCUT2D eigenvalue weighted by molar-refractivity contribution is 0.641. The van der Waals surface area contributed by atoms with Crippen molar-refractivity contribution in [3.05, 3.63) is 221 Å². The SMILES string of the molecule is Cc1ccc(N(c2ccc(C)cc2)c2ccc3c(c2)c2cc(N(c4ccc(C)cc4)c4ccc(C)cc4)ccc2n3-c2ccc(C(C)(C)c3ccccc3)cc2)cc1. The fourth-order valence-corrected chi connectivity index (χ4v) is 8.27. The van der Waals surface area contributed by atoms with Crippen molar-refractivity contribution in [2.24, 2.45) is 0 Å². The predicted octanol–water partition coefficient (Wildman–Crippen LogP) is 15.3. The second-order valence-electron chi connectivity index (χ2n) is 16.3. The molecule has 1 heterocycles. The van der Waals surface area contributed by atoms with Gasteiger partial charge in [-0.3, -0.25) is 0 Å². The Morgan fingerprint density at radius 2 is 0.672 bits per heavy atom. The highest BCUT2D eigenvalue weighted by Gasteiger charge is 2.24. The molecule has 3 heteroatoms. The Balaban J connectivity index is 1.26. The topological polar surface area (TPSA) is 11.4 Å². The Morgan fingerprint density at radius 3 is 1.03 bits per heavy atom. The first-order valence-electron chi connectivity index (χ1n) is 20.3. The van der Waals surface area contributed by atoms with Crippen LogP contribution in [0.3, 0.4) is 0 Å². The van der Waals surface area contributed by atoms with Gasteiger partial charge in [0.05, 0.1) is 11.0 Å². The number of benzene rings is 8. The van der Waals surface area contributed by atoms with Crippen LogP contribution in [0.25, 0.3) is 27.5 Å². The van der Waals surface area contributed by atoms with Gasteiger partial charge in [0.1, 0.15) is 0 Å². The molecule has 0 N–H and O–H groups in total. The van der Waals surface area contributed by atoms with E-state index in [9.17, 15) is 0 Å². The van der Waals surface area contributed by atoms with Gasteiger partial charge in [0, 0.05) is 56.0 Å². The van der Waals surface area contributed by atoms with Crippen LogP contribution in [-0.4, -0.2) is 4.57 Å². The molecule has 0 aliphatic rings. The summed E-state index contributed by atoms with van der Waals surface area (Å²) in [6.45, 7) is 13.2. The Morgan fingerprint density at radius 1 is 0.345 bits per heavy atom. The van der Waals surface area contributed by atoms with Crippen LogP contribution >= 0.6 is 0 Å². The van der Waals surface area contributed by atoms with Crippen molar-refractivity contribution in [1.29, 1.82) is 0 Å². The van der Waals surface area contributed by atoms with E-state index in [1.54, 1.807) is 0 Å². The molecule has 0 saturated carbocycles. The van der Waals surface area contributed by atoms with Crippen LogP contribution in [0.15, 0.2) is 188 Å². The number of aromatic nitrogens is 1. The third-order valence-corrected chi connectivity index (χ3v) is 11.8. The Labute approximate surface area is 343 Å². The zero-order chi connectivity index (χ0) is 40.0. The van der Waals surface area contributed by atoms with Crippen LogP contribution in [0.2, 0.25) is 0 Å². The fourth-order valence-electron chi connectivity index (χ4n) is 8.27. The standard InChI is InChI=1S/C55H49N3/c1-38-12-22-44(23-13-38)56(45-24-14-39(2)15-25-45)49-32-34-53-51(36-49)52-37-50(57(46-26-16-40(3)17-27-46)47-28-18-41(4)19-29-47)33-35-54(52)58(53)48-30-20-43(21-31-48)55(5,6)42-10-8-7-9-11-42/h7-37H,1-6H3. The minimum atomic E-state index is -0.130. The predicted molar refractivity (Wildman–Crippen MR) is 248 cm³/mol. The van der Waals surface area contributed by atoms with Crippen LogP contribution in [0.1, 0.15) is 47.2 Å². The monoisotopic (exact) mass is 751 g/mol. The van der Waals surface area contributed by atoms with Crippen molar-refractivity contribution in [2.45, 2.75) is 47.0 Å². The average molecular weight is 752 g/mol. The molecule has 0 aliphatic heterocycles. The first-order valence-corrected chi connectivity index (χ1v) is 20.3. The summed E-state index contributed by atoms with van der Waals surface area (Å²) in [6.07, 6.45) is 0. The van der Waals surface area contributed by atoms with Crippen molar-refractivity contribution >= 4 is 55.9 Å². The van der Waals surface area contributed by atoms with Gasteiger partial charge in [-0.1, -0.05) is 127 Å². The van der Waals surface area contributed by atoms with Gasteiger partial charge in [-0.25, -0.2) is 0 Å². The number of fused-ring (bicyclic) bond motifs is 3. The molecule has 0 amide bonds. The molecule has 0 unspecified atom stereocenters. The zero-order valence-corrected chi connectivity index (χ0v) is 34.2. The number of rotatable bonds is 9. The summed E-state index contributed by atoms with van der Waals surface area (Å²) < 4.78 is 2.43. The number of hydrogen-bond acceptors (Lipinski definition) is 2. The highest BCUT2D eigenvalue weighted by Crippen LogP contribution is 2.43. The maximum atomic E-state index is 2.43. The normalized spacial score (nSPS) is 11.6. The van der Waals surface area contributed by atoms with E-state index >= 15 is 0 Å². The summed E-state index contributed by atoms with van der Waals surface area (Å²) in [5.41, 5.74) is 17.6. The fraction of sp³-hybridized carbons (Fsp3) is 0.127. The van der Waals surface area contributed by atoms with Gasteiger partial charge >= 0.3 is 0 Å². The summed E-state index contributed by atoms with van der Waals surface area (Å²) in [5.74, 6) is 0. The first kappa shape index (κ1) is 36.8. The quantitative estimate of drug-likeness (QED) is 0.145. The Kier molecular flexibility index (Phi) is 9.46. The van der Waals surface area contributed by atoms with Crippen LogP contribution in [0.4, 0.5) is 34.1 Å². The van der Waals surface area contributed by atoms with E-state index in [0.29, 0.717) is 0 Å². The summed E-state index contributed by atoms with van der Waals surface area (Å²) >= 11 is 0. The zero-order valence-electron chi connectivity index (χ0n) is 34.2. The van der Waals surface area contributed by atoms with Gasteiger partial charge in [-0.15, -0.1) is 0 Å². The largest absolute Gasteiger partial charge is 0.310 e. The molecule has 8 aromatic carbocycles. The van der Waals surface area contributed by atoms with Gasteiger partial charge in [-0.05, 0) is 136 Å². The average Bonchev–Trinajstić information content (AvgIpc) is 3.57. The number of anilines is 6. The Hall–Kier alpha value is -6.84. The number of aryl methyl sites for hydroxylation is 4. The third-order valence-electron chi connectivity index (χ3n) is 11.8. The van der Waals surface area contributed by atoms with Gasteiger partial charge in [0.25, 0.3) is 0 Å². The van der Waals surface area contributed by atoms with Crippen LogP contribution in [-0.2, 0) is 5.41 Å². The van der Waals surface area contributed by atoms with Crippen molar-refractivity contribution in [1.82, 2.24) is 4.57 Å². The van der Waals surface area contributed by atoms with E-state index in [4.69, 9.17) is 0 Å². The minimum Gasteiger partial charge on any atom is -0.310 e. The molecule has 0 spiro atoms. The maximum absolute atomic E-state index is 2.43. The molecule has 0 atom stereocenters. The molecule has 9 aromatic rings. The molecule has 9 rings (SSSR count). The van der Waals surface area contributed by atoms with Crippen molar-refractivity contribution in [3.8, 4) is 5.69 Å². The molecule has 58 heavy (non-hydrogen) atoms. The lowest BCUT2D eigenvalue weighted by Crippen LogP contribution is -2.18. The van der Waals surface area contributed by atoms with E-state index < -0.39 is 0 Å². The molecule has 0 radical (unpaired) electrons. The number of nitrogens with zero attached hydrogens (tertiary/aromatic N) is 3. The molecule has 3 nitrogen and oxygen atoms in total. The summed E-state index contributed by atoms with van der Waals surface area (Å²) in [4.78, 5) is 4.74. The van der Waals surface area contributed by atoms with E-state index in [0.717, 1.165) is 50.8 Å². The highest BCUT2D eigenvalue weighted by atomic mass is 15.1. The van der Waals surface area contributed by atoms with E-state index in [1.807, 2.05) is 0 Å². The molecule has 1 aromatic heterocycles. The second-order valence-corrected chi connectivity index (χ2v) is 16.3. The molecular formula is C55H49N3. The van der Waals surface area contributed by atoms with E-state index in [1.165, 1.54) is 44.2 Å². The lowest BCUT2D eigenvalue weighted by atomic mass is 9.78. The van der Waals surface area contributed by atoms with Crippen molar-refractivity contribution in [2.75, 3.05) is 9.80 Å². The molecule has 0 fully saturated rings. The van der Waals surface area contributed by atoms with E-state index in [2.05, 4.69) is 244 Å².